The van der Waals surface area contributed by atoms with Gasteiger partial charge in [-0.15, -0.1) is 0 Å². The van der Waals surface area contributed by atoms with Crippen molar-refractivity contribution >= 4 is 15.9 Å². The Morgan fingerprint density at radius 1 is 1.50 bits per heavy atom. The summed E-state index contributed by atoms with van der Waals surface area (Å²) in [6, 6.07) is 6.00. The molecule has 1 aliphatic heterocycles. The Balaban J connectivity index is 2.11. The molecule has 0 bridgehead atoms. The Hall–Kier alpha value is -0.580. The van der Waals surface area contributed by atoms with Gasteiger partial charge in [-0.3, -0.25) is 0 Å². The highest BCUT2D eigenvalue weighted by atomic mass is 79.9. The van der Waals surface area contributed by atoms with Gasteiger partial charge in [0.1, 0.15) is 5.75 Å². The van der Waals surface area contributed by atoms with E-state index in [0.717, 1.165) is 41.7 Å². The van der Waals surface area contributed by atoms with Crippen molar-refractivity contribution in [2.75, 3.05) is 27.2 Å². The van der Waals surface area contributed by atoms with Crippen LogP contribution in [0.1, 0.15) is 18.4 Å². The zero-order valence-electron chi connectivity index (χ0n) is 10.9. The van der Waals surface area contributed by atoms with Crippen molar-refractivity contribution in [3.8, 4) is 5.75 Å². The molecule has 1 atom stereocenters. The number of likely N-dealkylation sites (tertiary alicyclic amines) is 1. The van der Waals surface area contributed by atoms with Crippen LogP contribution in [-0.4, -0.2) is 42.9 Å². The van der Waals surface area contributed by atoms with Crippen LogP contribution in [0.2, 0.25) is 0 Å². The summed E-state index contributed by atoms with van der Waals surface area (Å²) in [5, 5.41) is 10.6. The van der Waals surface area contributed by atoms with Crippen LogP contribution in [-0.2, 0) is 6.42 Å². The number of halogens is 1. The average molecular weight is 314 g/mol. The van der Waals surface area contributed by atoms with Gasteiger partial charge >= 0.3 is 0 Å². The summed E-state index contributed by atoms with van der Waals surface area (Å²) in [7, 11) is 3.72. The SMILES string of the molecule is COc1ccc(CC2(O)CCCN(C)C2)cc1Br. The fourth-order valence-electron chi connectivity index (χ4n) is 2.68. The van der Waals surface area contributed by atoms with E-state index in [1.807, 2.05) is 18.2 Å². The highest BCUT2D eigenvalue weighted by Gasteiger charge is 2.31. The molecular formula is C14H20BrNO2. The maximum absolute atomic E-state index is 10.6. The van der Waals surface area contributed by atoms with Gasteiger partial charge in [-0.05, 0) is 60.1 Å². The van der Waals surface area contributed by atoms with E-state index >= 15 is 0 Å². The number of hydrogen-bond acceptors (Lipinski definition) is 3. The van der Waals surface area contributed by atoms with Gasteiger partial charge in [-0.25, -0.2) is 0 Å². The molecule has 1 aromatic carbocycles. The number of β-amino-alcohol motifs (C(OH)–C–C–N with tert-alkyl or cyclic N) is 1. The highest BCUT2D eigenvalue weighted by molar-refractivity contribution is 9.10. The van der Waals surface area contributed by atoms with E-state index in [1.165, 1.54) is 0 Å². The Kier molecular flexibility index (Phi) is 4.30. The van der Waals surface area contributed by atoms with Crippen molar-refractivity contribution in [2.45, 2.75) is 24.9 Å². The number of rotatable bonds is 3. The van der Waals surface area contributed by atoms with E-state index in [9.17, 15) is 5.11 Å². The second-order valence-electron chi connectivity index (χ2n) is 5.21. The van der Waals surface area contributed by atoms with Crippen LogP contribution in [0.5, 0.6) is 5.75 Å². The number of nitrogens with zero attached hydrogens (tertiary/aromatic N) is 1. The Morgan fingerprint density at radius 3 is 2.89 bits per heavy atom. The summed E-state index contributed by atoms with van der Waals surface area (Å²) >= 11 is 3.48. The minimum absolute atomic E-state index is 0.596. The number of hydrogen-bond donors (Lipinski definition) is 1. The van der Waals surface area contributed by atoms with E-state index in [1.54, 1.807) is 7.11 Å². The fourth-order valence-corrected chi connectivity index (χ4v) is 3.27. The predicted molar refractivity (Wildman–Crippen MR) is 76.1 cm³/mol. The van der Waals surface area contributed by atoms with Crippen LogP contribution in [0.4, 0.5) is 0 Å². The first kappa shape index (κ1) is 13.8. The molecule has 1 unspecified atom stereocenters. The molecule has 0 radical (unpaired) electrons. The third-order valence-corrected chi connectivity index (χ3v) is 4.12. The average Bonchev–Trinajstić information content (AvgIpc) is 2.28. The van der Waals surface area contributed by atoms with Gasteiger partial charge in [0.05, 0.1) is 17.2 Å². The van der Waals surface area contributed by atoms with Crippen molar-refractivity contribution < 1.29 is 9.84 Å². The van der Waals surface area contributed by atoms with Crippen LogP contribution in [0, 0.1) is 0 Å². The lowest BCUT2D eigenvalue weighted by molar-refractivity contribution is -0.0224. The van der Waals surface area contributed by atoms with E-state index in [0.29, 0.717) is 6.42 Å². The summed E-state index contributed by atoms with van der Waals surface area (Å²) < 4.78 is 6.15. The lowest BCUT2D eigenvalue weighted by atomic mass is 9.87. The minimum atomic E-state index is -0.596. The third-order valence-electron chi connectivity index (χ3n) is 3.50. The largest absolute Gasteiger partial charge is 0.496 e. The van der Waals surface area contributed by atoms with Gasteiger partial charge in [-0.1, -0.05) is 6.07 Å². The zero-order chi connectivity index (χ0) is 13.2. The number of benzene rings is 1. The molecule has 1 aromatic rings. The van der Waals surface area contributed by atoms with Crippen LogP contribution >= 0.6 is 15.9 Å². The van der Waals surface area contributed by atoms with Crippen molar-refractivity contribution in [1.29, 1.82) is 0 Å². The second kappa shape index (κ2) is 5.59. The van der Waals surface area contributed by atoms with Crippen molar-refractivity contribution in [3.05, 3.63) is 28.2 Å². The summed E-state index contributed by atoms with van der Waals surface area (Å²) in [6.07, 6.45) is 2.63. The van der Waals surface area contributed by atoms with Crippen molar-refractivity contribution in [3.63, 3.8) is 0 Å². The summed E-state index contributed by atoms with van der Waals surface area (Å²) in [5.41, 5.74) is 0.543. The molecule has 1 heterocycles. The van der Waals surface area contributed by atoms with Gasteiger partial charge in [0, 0.05) is 13.0 Å². The maximum atomic E-state index is 10.6. The van der Waals surface area contributed by atoms with Crippen molar-refractivity contribution in [2.24, 2.45) is 0 Å². The lowest BCUT2D eigenvalue weighted by Crippen LogP contribution is -2.47. The Morgan fingerprint density at radius 2 is 2.28 bits per heavy atom. The number of aliphatic hydroxyl groups is 1. The van der Waals surface area contributed by atoms with Gasteiger partial charge in [0.15, 0.2) is 0 Å². The van der Waals surface area contributed by atoms with Crippen LogP contribution in [0.15, 0.2) is 22.7 Å². The first-order valence-corrected chi connectivity index (χ1v) is 7.05. The molecule has 1 saturated heterocycles. The topological polar surface area (TPSA) is 32.7 Å². The highest BCUT2D eigenvalue weighted by Crippen LogP contribution is 2.29. The molecule has 0 aliphatic carbocycles. The normalized spacial score (nSPS) is 25.1. The lowest BCUT2D eigenvalue weighted by Gasteiger charge is -2.37. The third kappa shape index (κ3) is 3.25. The maximum Gasteiger partial charge on any atom is 0.133 e. The Bertz CT molecular complexity index is 424. The predicted octanol–water partition coefficient (Wildman–Crippen LogP) is 2.46. The number of likely N-dealkylation sites (N-methyl/N-ethyl adjacent to an activating group) is 1. The minimum Gasteiger partial charge on any atom is -0.496 e. The Labute approximate surface area is 117 Å². The van der Waals surface area contributed by atoms with E-state index < -0.39 is 5.60 Å². The monoisotopic (exact) mass is 313 g/mol. The van der Waals surface area contributed by atoms with Gasteiger partial charge in [0.25, 0.3) is 0 Å². The molecule has 0 amide bonds. The number of methoxy groups -OCH3 is 1. The van der Waals surface area contributed by atoms with Gasteiger partial charge < -0.3 is 14.7 Å². The molecule has 1 N–H and O–H groups in total. The first-order chi connectivity index (χ1) is 8.52. The molecule has 0 saturated carbocycles. The standard InChI is InChI=1S/C14H20BrNO2/c1-16-7-3-6-14(17,10-16)9-11-4-5-13(18-2)12(15)8-11/h4-5,8,17H,3,6-7,9-10H2,1-2H3. The molecule has 1 fully saturated rings. The number of piperidine rings is 1. The van der Waals surface area contributed by atoms with Gasteiger partial charge in [0.2, 0.25) is 0 Å². The molecule has 0 aromatic heterocycles. The van der Waals surface area contributed by atoms with E-state index in [2.05, 4.69) is 27.9 Å². The first-order valence-electron chi connectivity index (χ1n) is 6.26. The smallest absolute Gasteiger partial charge is 0.133 e. The quantitative estimate of drug-likeness (QED) is 0.930. The summed E-state index contributed by atoms with van der Waals surface area (Å²) in [4.78, 5) is 2.20. The molecule has 4 heteroatoms. The second-order valence-corrected chi connectivity index (χ2v) is 6.07. The van der Waals surface area contributed by atoms with E-state index in [-0.39, 0.29) is 0 Å². The van der Waals surface area contributed by atoms with Crippen LogP contribution in [0.25, 0.3) is 0 Å². The molecule has 0 spiro atoms. The molecule has 2 rings (SSSR count). The molecule has 100 valence electrons. The fraction of sp³-hybridized carbons (Fsp3) is 0.571. The van der Waals surface area contributed by atoms with E-state index in [4.69, 9.17) is 4.74 Å². The molecule has 3 nitrogen and oxygen atoms in total. The number of ether oxygens (including phenoxy) is 1. The summed E-state index contributed by atoms with van der Waals surface area (Å²) in [6.45, 7) is 1.82. The molecular weight excluding hydrogens is 294 g/mol. The molecule has 1 aliphatic rings. The zero-order valence-corrected chi connectivity index (χ0v) is 12.5. The van der Waals surface area contributed by atoms with Gasteiger partial charge in [-0.2, -0.15) is 0 Å². The van der Waals surface area contributed by atoms with Crippen molar-refractivity contribution in [1.82, 2.24) is 4.90 Å². The van der Waals surface area contributed by atoms with Crippen LogP contribution < -0.4 is 4.74 Å². The molecule has 18 heavy (non-hydrogen) atoms. The van der Waals surface area contributed by atoms with Crippen LogP contribution in [0.3, 0.4) is 0 Å². The summed E-state index contributed by atoms with van der Waals surface area (Å²) in [5.74, 6) is 0.825.